The normalized spacial score (nSPS) is 44.3. The molecule has 0 bridgehead atoms. The van der Waals surface area contributed by atoms with E-state index in [-0.39, 0.29) is 0 Å². The first-order valence-electron chi connectivity index (χ1n) is 7.44. The second-order valence-electron chi connectivity index (χ2n) is 6.37. The zero-order chi connectivity index (χ0) is 12.3. The lowest BCUT2D eigenvalue weighted by Crippen LogP contribution is -2.33. The molecule has 2 fully saturated rings. The molecule has 2 rings (SSSR count). The molecule has 100 valence electrons. The highest BCUT2D eigenvalue weighted by atomic mass is 127. The predicted molar refractivity (Wildman–Crippen MR) is 81.7 cm³/mol. The highest BCUT2D eigenvalue weighted by Crippen LogP contribution is 2.34. The van der Waals surface area contributed by atoms with Crippen LogP contribution in [0.3, 0.4) is 0 Å². The number of halogens is 1. The van der Waals surface area contributed by atoms with Crippen LogP contribution in [0.15, 0.2) is 0 Å². The van der Waals surface area contributed by atoms with E-state index in [0.29, 0.717) is 12.2 Å². The van der Waals surface area contributed by atoms with Crippen molar-refractivity contribution in [1.82, 2.24) is 0 Å². The lowest BCUT2D eigenvalue weighted by molar-refractivity contribution is -0.0497. The Morgan fingerprint density at radius 3 is 2.24 bits per heavy atom. The van der Waals surface area contributed by atoms with Gasteiger partial charge >= 0.3 is 0 Å². The molecule has 0 amide bonds. The Hall–Kier alpha value is 0.690. The van der Waals surface area contributed by atoms with Crippen molar-refractivity contribution in [3.05, 3.63) is 0 Å². The number of hydrogen-bond acceptors (Lipinski definition) is 1. The molecule has 0 spiro atoms. The van der Waals surface area contributed by atoms with E-state index in [1.165, 1.54) is 51.4 Å². The summed E-state index contributed by atoms with van der Waals surface area (Å²) in [7, 11) is 0. The van der Waals surface area contributed by atoms with Crippen LogP contribution in [0.2, 0.25) is 0 Å². The van der Waals surface area contributed by atoms with E-state index in [0.717, 1.165) is 15.8 Å². The highest BCUT2D eigenvalue weighted by Gasteiger charge is 2.29. The first-order chi connectivity index (χ1) is 8.15. The summed E-state index contributed by atoms with van der Waals surface area (Å²) in [5.41, 5.74) is 0. The Morgan fingerprint density at radius 1 is 0.882 bits per heavy atom. The molecule has 0 radical (unpaired) electrons. The quantitative estimate of drug-likeness (QED) is 0.388. The van der Waals surface area contributed by atoms with Gasteiger partial charge in [-0.05, 0) is 43.9 Å². The van der Waals surface area contributed by atoms with E-state index < -0.39 is 0 Å². The summed E-state index contributed by atoms with van der Waals surface area (Å²) in [5, 5.41) is 0. The van der Waals surface area contributed by atoms with Crippen LogP contribution >= 0.6 is 22.6 Å². The van der Waals surface area contributed by atoms with Crippen molar-refractivity contribution in [2.45, 2.75) is 81.3 Å². The van der Waals surface area contributed by atoms with Crippen molar-refractivity contribution in [2.75, 3.05) is 0 Å². The third-order valence-electron chi connectivity index (χ3n) is 4.37. The Kier molecular flexibility index (Phi) is 5.59. The number of rotatable bonds is 2. The van der Waals surface area contributed by atoms with Crippen LogP contribution in [-0.2, 0) is 4.74 Å². The standard InChI is InChI=1S/C15H27IO/c1-11-8-12(2)10-13(9-11)17-15-7-5-3-4-6-14(15)16/h11-15H,3-10H2,1-2H3. The molecule has 0 N–H and O–H groups in total. The zero-order valence-corrected chi connectivity index (χ0v) is 13.5. The maximum absolute atomic E-state index is 6.46. The highest BCUT2D eigenvalue weighted by molar-refractivity contribution is 14.1. The van der Waals surface area contributed by atoms with Crippen LogP contribution < -0.4 is 0 Å². The largest absolute Gasteiger partial charge is 0.374 e. The van der Waals surface area contributed by atoms with E-state index in [2.05, 4.69) is 36.4 Å². The molecule has 0 aliphatic heterocycles. The van der Waals surface area contributed by atoms with Gasteiger partial charge in [-0.3, -0.25) is 0 Å². The van der Waals surface area contributed by atoms with E-state index in [1.54, 1.807) is 0 Å². The Labute approximate surface area is 120 Å². The van der Waals surface area contributed by atoms with Gasteiger partial charge in [0.15, 0.2) is 0 Å². The van der Waals surface area contributed by atoms with E-state index in [1.807, 2.05) is 0 Å². The monoisotopic (exact) mass is 350 g/mol. The van der Waals surface area contributed by atoms with Gasteiger partial charge in [0.2, 0.25) is 0 Å². The summed E-state index contributed by atoms with van der Waals surface area (Å²) in [6, 6.07) is 0. The third kappa shape index (κ3) is 4.38. The molecule has 0 aromatic carbocycles. The molecule has 2 saturated carbocycles. The molecule has 2 heteroatoms. The molecule has 1 nitrogen and oxygen atoms in total. The van der Waals surface area contributed by atoms with Gasteiger partial charge in [0.05, 0.1) is 12.2 Å². The minimum Gasteiger partial charge on any atom is -0.374 e. The molecule has 0 saturated heterocycles. The molecular formula is C15H27IO. The van der Waals surface area contributed by atoms with Gasteiger partial charge in [-0.15, -0.1) is 0 Å². The number of alkyl halides is 1. The van der Waals surface area contributed by atoms with Gasteiger partial charge in [0.25, 0.3) is 0 Å². The van der Waals surface area contributed by atoms with Crippen LogP contribution in [0.1, 0.15) is 65.2 Å². The second-order valence-corrected chi connectivity index (χ2v) is 7.97. The van der Waals surface area contributed by atoms with Crippen LogP contribution in [0, 0.1) is 11.8 Å². The summed E-state index contributed by atoms with van der Waals surface area (Å²) in [4.78, 5) is 0. The van der Waals surface area contributed by atoms with Gasteiger partial charge in [-0.2, -0.15) is 0 Å². The maximum atomic E-state index is 6.46. The van der Waals surface area contributed by atoms with E-state index in [4.69, 9.17) is 4.74 Å². The Morgan fingerprint density at radius 2 is 1.53 bits per heavy atom. The fourth-order valence-corrected chi connectivity index (χ4v) is 4.58. The van der Waals surface area contributed by atoms with Gasteiger partial charge in [-0.1, -0.05) is 55.7 Å². The Bertz CT molecular complexity index is 221. The summed E-state index contributed by atoms with van der Waals surface area (Å²) in [6.45, 7) is 4.78. The van der Waals surface area contributed by atoms with Crippen molar-refractivity contribution in [3.8, 4) is 0 Å². The molecular weight excluding hydrogens is 323 g/mol. The van der Waals surface area contributed by atoms with Crippen molar-refractivity contribution in [3.63, 3.8) is 0 Å². The fourth-order valence-electron chi connectivity index (χ4n) is 3.61. The van der Waals surface area contributed by atoms with Crippen LogP contribution in [0.25, 0.3) is 0 Å². The van der Waals surface area contributed by atoms with Crippen molar-refractivity contribution in [1.29, 1.82) is 0 Å². The SMILES string of the molecule is CC1CC(C)CC(OC2CCCCCC2I)C1. The number of ether oxygens (including phenoxy) is 1. The third-order valence-corrected chi connectivity index (χ3v) is 5.80. The first kappa shape index (κ1) is 14.1. The lowest BCUT2D eigenvalue weighted by atomic mass is 9.81. The average molecular weight is 350 g/mol. The fraction of sp³-hybridized carbons (Fsp3) is 1.00. The van der Waals surface area contributed by atoms with Gasteiger partial charge in [0, 0.05) is 3.92 Å². The average Bonchev–Trinajstić information content (AvgIpc) is 2.43. The maximum Gasteiger partial charge on any atom is 0.0696 e. The van der Waals surface area contributed by atoms with Gasteiger partial charge < -0.3 is 4.74 Å². The number of hydrogen-bond donors (Lipinski definition) is 0. The van der Waals surface area contributed by atoms with Gasteiger partial charge in [0.1, 0.15) is 0 Å². The second kappa shape index (κ2) is 6.74. The molecule has 2 aliphatic carbocycles. The minimum absolute atomic E-state index is 0.542. The van der Waals surface area contributed by atoms with Crippen LogP contribution in [0.5, 0.6) is 0 Å². The molecule has 0 aromatic rings. The first-order valence-corrected chi connectivity index (χ1v) is 8.69. The minimum atomic E-state index is 0.542. The summed E-state index contributed by atoms with van der Waals surface area (Å²) in [5.74, 6) is 1.73. The van der Waals surface area contributed by atoms with Crippen molar-refractivity contribution < 1.29 is 4.74 Å². The predicted octanol–water partition coefficient (Wildman–Crippen LogP) is 4.96. The zero-order valence-electron chi connectivity index (χ0n) is 11.3. The molecule has 17 heavy (non-hydrogen) atoms. The Balaban J connectivity index is 1.85. The van der Waals surface area contributed by atoms with Crippen molar-refractivity contribution in [2.24, 2.45) is 11.8 Å². The van der Waals surface area contributed by atoms with Crippen molar-refractivity contribution >= 4 is 22.6 Å². The smallest absolute Gasteiger partial charge is 0.0696 e. The van der Waals surface area contributed by atoms with Crippen LogP contribution in [-0.4, -0.2) is 16.1 Å². The summed E-state index contributed by atoms with van der Waals surface area (Å²) in [6.07, 6.45) is 11.9. The molecule has 4 atom stereocenters. The van der Waals surface area contributed by atoms with E-state index >= 15 is 0 Å². The molecule has 4 unspecified atom stereocenters. The summed E-state index contributed by atoms with van der Waals surface area (Å²) >= 11 is 2.63. The van der Waals surface area contributed by atoms with Crippen LogP contribution in [0.4, 0.5) is 0 Å². The molecule has 0 heterocycles. The summed E-state index contributed by atoms with van der Waals surface area (Å²) < 4.78 is 7.21. The molecule has 2 aliphatic rings. The van der Waals surface area contributed by atoms with Gasteiger partial charge in [-0.25, -0.2) is 0 Å². The van der Waals surface area contributed by atoms with E-state index in [9.17, 15) is 0 Å². The lowest BCUT2D eigenvalue weighted by Gasteiger charge is -2.35. The molecule has 0 aromatic heterocycles. The topological polar surface area (TPSA) is 9.23 Å².